The highest BCUT2D eigenvalue weighted by atomic mass is 15.0. The second-order valence-corrected chi connectivity index (χ2v) is 3.77. The van der Waals surface area contributed by atoms with Crippen LogP contribution in [0.2, 0.25) is 0 Å². The van der Waals surface area contributed by atoms with Crippen molar-refractivity contribution in [3.8, 4) is 0 Å². The van der Waals surface area contributed by atoms with Gasteiger partial charge in [-0.15, -0.1) is 0 Å². The van der Waals surface area contributed by atoms with Crippen LogP contribution >= 0.6 is 0 Å². The Morgan fingerprint density at radius 2 is 2.12 bits per heavy atom. The number of rotatable bonds is 4. The number of nitrogens with zero attached hydrogens (tertiary/aromatic N) is 3. The van der Waals surface area contributed by atoms with Crippen molar-refractivity contribution in [2.24, 2.45) is 12.8 Å². The van der Waals surface area contributed by atoms with Gasteiger partial charge in [0.2, 0.25) is 0 Å². The van der Waals surface area contributed by atoms with Crippen molar-refractivity contribution < 1.29 is 0 Å². The summed E-state index contributed by atoms with van der Waals surface area (Å²) >= 11 is 0. The highest BCUT2D eigenvalue weighted by Gasteiger charge is 2.07. The molecule has 16 heavy (non-hydrogen) atoms. The first-order chi connectivity index (χ1) is 7.81. The minimum atomic E-state index is 0.498. The summed E-state index contributed by atoms with van der Waals surface area (Å²) in [5.74, 6) is 0. The Morgan fingerprint density at radius 1 is 1.25 bits per heavy atom. The molecule has 0 saturated carbocycles. The molecular formula is C12H16N4. The van der Waals surface area contributed by atoms with E-state index in [0.29, 0.717) is 6.54 Å². The lowest BCUT2D eigenvalue weighted by Gasteiger charge is -2.04. The fraction of sp³-hybridized carbons (Fsp3) is 0.333. The molecule has 4 nitrogen and oxygen atoms in total. The van der Waals surface area contributed by atoms with Crippen molar-refractivity contribution in [3.63, 3.8) is 0 Å². The van der Waals surface area contributed by atoms with Gasteiger partial charge in [-0.1, -0.05) is 6.07 Å². The van der Waals surface area contributed by atoms with E-state index in [-0.39, 0.29) is 0 Å². The maximum Gasteiger partial charge on any atom is 0.0949 e. The zero-order valence-corrected chi connectivity index (χ0v) is 9.43. The topological polar surface area (TPSA) is 56.7 Å². The van der Waals surface area contributed by atoms with E-state index in [9.17, 15) is 0 Å². The van der Waals surface area contributed by atoms with Gasteiger partial charge in [-0.2, -0.15) is 0 Å². The van der Waals surface area contributed by atoms with Crippen LogP contribution in [0.4, 0.5) is 0 Å². The molecule has 0 aliphatic heterocycles. The van der Waals surface area contributed by atoms with E-state index >= 15 is 0 Å². The fourth-order valence-corrected chi connectivity index (χ4v) is 1.79. The molecule has 2 heterocycles. The summed E-state index contributed by atoms with van der Waals surface area (Å²) in [5, 5.41) is 0. The number of hydrogen-bond donors (Lipinski definition) is 1. The molecule has 0 aliphatic carbocycles. The number of aryl methyl sites for hydroxylation is 2. The van der Waals surface area contributed by atoms with Crippen molar-refractivity contribution in [1.82, 2.24) is 14.5 Å². The number of hydrogen-bond acceptors (Lipinski definition) is 3. The molecule has 2 N–H and O–H groups in total. The first-order valence-corrected chi connectivity index (χ1v) is 5.40. The normalized spacial score (nSPS) is 10.6. The number of nitrogens with two attached hydrogens (primary N) is 1. The third kappa shape index (κ3) is 2.28. The van der Waals surface area contributed by atoms with Gasteiger partial charge in [0, 0.05) is 31.2 Å². The van der Waals surface area contributed by atoms with Gasteiger partial charge in [-0.05, 0) is 25.0 Å². The molecule has 0 amide bonds. The van der Waals surface area contributed by atoms with Crippen LogP contribution in [0.15, 0.2) is 30.7 Å². The fourth-order valence-electron chi connectivity index (χ4n) is 1.79. The van der Waals surface area contributed by atoms with Gasteiger partial charge in [0.15, 0.2) is 0 Å². The maximum atomic E-state index is 5.64. The molecule has 0 fully saturated rings. The van der Waals surface area contributed by atoms with Crippen molar-refractivity contribution in [3.05, 3.63) is 47.8 Å². The third-order valence-electron chi connectivity index (χ3n) is 2.68. The standard InChI is InChI=1S/C12H16N4/c1-16-9-15-11(8-13)12(16)6-5-10-4-2-3-7-14-10/h2-4,7,9H,5-6,8,13H2,1H3. The molecule has 4 heteroatoms. The minimum absolute atomic E-state index is 0.498. The zero-order chi connectivity index (χ0) is 11.4. The average molecular weight is 216 g/mol. The lowest BCUT2D eigenvalue weighted by molar-refractivity contribution is 0.775. The molecule has 0 bridgehead atoms. The number of aromatic nitrogens is 3. The Kier molecular flexibility index (Phi) is 3.31. The molecule has 2 aromatic heterocycles. The zero-order valence-electron chi connectivity index (χ0n) is 9.43. The molecule has 0 spiro atoms. The summed E-state index contributed by atoms with van der Waals surface area (Å²) < 4.78 is 2.03. The molecule has 0 atom stereocenters. The van der Waals surface area contributed by atoms with Crippen molar-refractivity contribution >= 4 is 0 Å². The highest BCUT2D eigenvalue weighted by Crippen LogP contribution is 2.09. The van der Waals surface area contributed by atoms with Crippen molar-refractivity contribution in [2.75, 3.05) is 0 Å². The maximum absolute atomic E-state index is 5.64. The molecule has 2 rings (SSSR count). The van der Waals surface area contributed by atoms with Crippen LogP contribution in [-0.4, -0.2) is 14.5 Å². The van der Waals surface area contributed by atoms with E-state index in [1.54, 1.807) is 0 Å². The van der Waals surface area contributed by atoms with Crippen LogP contribution in [0.1, 0.15) is 17.1 Å². The molecular weight excluding hydrogens is 200 g/mol. The summed E-state index contributed by atoms with van der Waals surface area (Å²) in [4.78, 5) is 8.57. The SMILES string of the molecule is Cn1cnc(CN)c1CCc1ccccn1. The highest BCUT2D eigenvalue weighted by molar-refractivity contribution is 5.15. The lowest BCUT2D eigenvalue weighted by Crippen LogP contribution is -2.06. The monoisotopic (exact) mass is 216 g/mol. The van der Waals surface area contributed by atoms with E-state index in [2.05, 4.69) is 9.97 Å². The summed E-state index contributed by atoms with van der Waals surface area (Å²) in [6.07, 6.45) is 5.49. The molecule has 0 aliphatic rings. The molecule has 0 saturated heterocycles. The predicted molar refractivity (Wildman–Crippen MR) is 62.7 cm³/mol. The first kappa shape index (κ1) is 10.8. The van der Waals surface area contributed by atoms with E-state index in [1.165, 1.54) is 5.69 Å². The van der Waals surface area contributed by atoms with Gasteiger partial charge in [0.1, 0.15) is 0 Å². The second kappa shape index (κ2) is 4.90. The van der Waals surface area contributed by atoms with Gasteiger partial charge in [0.25, 0.3) is 0 Å². The summed E-state index contributed by atoms with van der Waals surface area (Å²) in [5.41, 5.74) is 8.93. The molecule has 84 valence electrons. The lowest BCUT2D eigenvalue weighted by atomic mass is 10.1. The second-order valence-electron chi connectivity index (χ2n) is 3.77. The number of imidazole rings is 1. The molecule has 2 aromatic rings. The third-order valence-corrected chi connectivity index (χ3v) is 2.68. The van der Waals surface area contributed by atoms with Crippen LogP contribution in [0, 0.1) is 0 Å². The smallest absolute Gasteiger partial charge is 0.0949 e. The predicted octanol–water partition coefficient (Wildman–Crippen LogP) is 1.06. The van der Waals surface area contributed by atoms with E-state index in [0.717, 1.165) is 24.2 Å². The van der Waals surface area contributed by atoms with Crippen LogP contribution in [0.25, 0.3) is 0 Å². The Morgan fingerprint density at radius 3 is 2.81 bits per heavy atom. The average Bonchev–Trinajstić information content (AvgIpc) is 2.69. The Balaban J connectivity index is 2.07. The minimum Gasteiger partial charge on any atom is -0.337 e. The van der Waals surface area contributed by atoms with Gasteiger partial charge in [0.05, 0.1) is 12.0 Å². The van der Waals surface area contributed by atoms with Gasteiger partial charge in [-0.3, -0.25) is 4.98 Å². The van der Waals surface area contributed by atoms with Gasteiger partial charge >= 0.3 is 0 Å². The summed E-state index contributed by atoms with van der Waals surface area (Å²) in [7, 11) is 2.00. The van der Waals surface area contributed by atoms with E-state index in [1.807, 2.05) is 42.3 Å². The Labute approximate surface area is 95.1 Å². The van der Waals surface area contributed by atoms with Crippen LogP contribution < -0.4 is 5.73 Å². The number of pyridine rings is 1. The molecule has 0 radical (unpaired) electrons. The van der Waals surface area contributed by atoms with Crippen molar-refractivity contribution in [2.45, 2.75) is 19.4 Å². The van der Waals surface area contributed by atoms with Gasteiger partial charge in [-0.25, -0.2) is 4.98 Å². The summed E-state index contributed by atoms with van der Waals surface area (Å²) in [6.45, 7) is 0.498. The molecule has 0 aromatic carbocycles. The van der Waals surface area contributed by atoms with Gasteiger partial charge < -0.3 is 10.3 Å². The van der Waals surface area contributed by atoms with Crippen LogP contribution in [0.3, 0.4) is 0 Å². The van der Waals surface area contributed by atoms with Crippen LogP contribution in [-0.2, 0) is 26.4 Å². The summed E-state index contributed by atoms with van der Waals surface area (Å²) in [6, 6.07) is 5.98. The first-order valence-electron chi connectivity index (χ1n) is 5.40. The molecule has 0 unspecified atom stereocenters. The Bertz CT molecular complexity index is 447. The van der Waals surface area contributed by atoms with E-state index in [4.69, 9.17) is 5.73 Å². The quantitative estimate of drug-likeness (QED) is 0.831. The largest absolute Gasteiger partial charge is 0.337 e. The van der Waals surface area contributed by atoms with E-state index < -0.39 is 0 Å². The Hall–Kier alpha value is -1.68. The van der Waals surface area contributed by atoms with Crippen molar-refractivity contribution in [1.29, 1.82) is 0 Å². The van der Waals surface area contributed by atoms with Crippen LogP contribution in [0.5, 0.6) is 0 Å².